The Bertz CT molecular complexity index is 848. The molecule has 0 spiro atoms. The van der Waals surface area contributed by atoms with Crippen molar-refractivity contribution in [3.63, 3.8) is 0 Å². The molecule has 0 bridgehead atoms. The number of hydrogen-bond donors (Lipinski definition) is 3. The number of nitrogens with zero attached hydrogens (tertiary/aromatic N) is 1. The highest BCUT2D eigenvalue weighted by molar-refractivity contribution is 5.97. The summed E-state index contributed by atoms with van der Waals surface area (Å²) in [5, 5.41) is 28.5. The van der Waals surface area contributed by atoms with Crippen molar-refractivity contribution < 1.29 is 24.9 Å². The van der Waals surface area contributed by atoms with Gasteiger partial charge in [-0.25, -0.2) is 9.59 Å². The molecule has 0 unspecified atom stereocenters. The zero-order valence-electron chi connectivity index (χ0n) is 16.6. The summed E-state index contributed by atoms with van der Waals surface area (Å²) in [5.74, 6) is -1.60. The molecular weight excluding hydrogens is 370 g/mol. The van der Waals surface area contributed by atoms with Crippen LogP contribution in [0.15, 0.2) is 36.4 Å². The van der Waals surface area contributed by atoms with Gasteiger partial charge in [-0.1, -0.05) is 12.1 Å². The molecule has 1 aliphatic heterocycles. The van der Waals surface area contributed by atoms with Crippen molar-refractivity contribution in [1.29, 1.82) is 0 Å². The van der Waals surface area contributed by atoms with Gasteiger partial charge in [-0.3, -0.25) is 0 Å². The van der Waals surface area contributed by atoms with Gasteiger partial charge in [-0.15, -0.1) is 0 Å². The zero-order chi connectivity index (χ0) is 21.0. The first-order valence-corrected chi connectivity index (χ1v) is 9.94. The quantitative estimate of drug-likeness (QED) is 0.660. The number of carboxylic acids is 2. The lowest BCUT2D eigenvalue weighted by molar-refractivity contribution is 0.0694. The minimum atomic E-state index is -1.07. The van der Waals surface area contributed by atoms with Gasteiger partial charge in [-0.05, 0) is 92.6 Å². The summed E-state index contributed by atoms with van der Waals surface area (Å²) in [6.45, 7) is 4.48. The van der Waals surface area contributed by atoms with Gasteiger partial charge in [0.15, 0.2) is 0 Å². The lowest BCUT2D eigenvalue weighted by atomic mass is 9.85. The van der Waals surface area contributed by atoms with Crippen LogP contribution in [0.3, 0.4) is 0 Å². The molecule has 2 aromatic rings. The third kappa shape index (κ3) is 5.35. The van der Waals surface area contributed by atoms with Crippen LogP contribution in [0.25, 0.3) is 0 Å². The van der Waals surface area contributed by atoms with Crippen LogP contribution in [-0.2, 0) is 12.8 Å². The molecular formula is C23H27NO5. The number of aromatic carboxylic acids is 2. The number of phenolic OH excluding ortho intramolecular Hbond substituents is 1. The number of rotatable bonds is 7. The second-order valence-electron chi connectivity index (χ2n) is 7.85. The van der Waals surface area contributed by atoms with E-state index in [-0.39, 0.29) is 22.8 Å². The van der Waals surface area contributed by atoms with Crippen molar-refractivity contribution >= 4 is 11.9 Å². The number of phenols is 1. The van der Waals surface area contributed by atoms with Crippen molar-refractivity contribution in [2.75, 3.05) is 19.6 Å². The lowest BCUT2D eigenvalue weighted by Gasteiger charge is -2.32. The molecule has 29 heavy (non-hydrogen) atoms. The molecule has 0 aromatic heterocycles. The van der Waals surface area contributed by atoms with Crippen LogP contribution in [0.5, 0.6) is 5.75 Å². The molecule has 1 heterocycles. The van der Waals surface area contributed by atoms with E-state index in [2.05, 4.69) is 4.90 Å². The fraction of sp³-hybridized carbons (Fsp3) is 0.391. The number of aromatic hydroxyl groups is 1. The standard InChI is InChI=1S/C23H27NO5/c1-15-12-20(22(26)27)19(21(13-15)23(28)29)14-17-7-10-24(11-8-17)9-6-16-2-4-18(25)5-3-16/h2-5,12-13,17,25H,6-11,14H2,1H3,(H,26,27)(H,28,29). The largest absolute Gasteiger partial charge is 0.508 e. The normalized spacial score (nSPS) is 15.3. The Kier molecular flexibility index (Phi) is 6.54. The summed E-state index contributed by atoms with van der Waals surface area (Å²) in [5.41, 5.74) is 2.49. The Balaban J connectivity index is 1.61. The van der Waals surface area contributed by atoms with Crippen LogP contribution in [0.1, 0.15) is 50.2 Å². The number of aryl methyl sites for hydroxylation is 1. The molecule has 3 N–H and O–H groups in total. The van der Waals surface area contributed by atoms with Crippen molar-refractivity contribution in [2.45, 2.75) is 32.6 Å². The van der Waals surface area contributed by atoms with E-state index in [4.69, 9.17) is 0 Å². The third-order valence-electron chi connectivity index (χ3n) is 5.71. The summed E-state index contributed by atoms with van der Waals surface area (Å²) in [6.07, 6.45) is 3.23. The van der Waals surface area contributed by atoms with Gasteiger partial charge in [-0.2, -0.15) is 0 Å². The number of carbonyl (C=O) groups is 2. The Morgan fingerprint density at radius 2 is 1.55 bits per heavy atom. The number of piperidine rings is 1. The average molecular weight is 397 g/mol. The second-order valence-corrected chi connectivity index (χ2v) is 7.85. The molecule has 3 rings (SSSR count). The van der Waals surface area contributed by atoms with E-state index >= 15 is 0 Å². The maximum atomic E-state index is 11.7. The van der Waals surface area contributed by atoms with E-state index in [0.29, 0.717) is 17.5 Å². The van der Waals surface area contributed by atoms with Gasteiger partial charge < -0.3 is 20.2 Å². The van der Waals surface area contributed by atoms with Gasteiger partial charge in [0.05, 0.1) is 11.1 Å². The molecule has 1 aliphatic rings. The molecule has 2 aromatic carbocycles. The van der Waals surface area contributed by atoms with Crippen molar-refractivity contribution in [3.8, 4) is 5.75 Å². The SMILES string of the molecule is Cc1cc(C(=O)O)c(CC2CCN(CCc3ccc(O)cc3)CC2)c(C(=O)O)c1. The molecule has 1 fully saturated rings. The number of benzene rings is 2. The van der Waals surface area contributed by atoms with Crippen LogP contribution in [0.2, 0.25) is 0 Å². The second kappa shape index (κ2) is 9.09. The molecule has 6 nitrogen and oxygen atoms in total. The fourth-order valence-corrected chi connectivity index (χ4v) is 4.07. The van der Waals surface area contributed by atoms with Crippen molar-refractivity contribution in [3.05, 3.63) is 64.2 Å². The Morgan fingerprint density at radius 3 is 2.07 bits per heavy atom. The van der Waals surface area contributed by atoms with Gasteiger partial charge in [0.2, 0.25) is 0 Å². The summed E-state index contributed by atoms with van der Waals surface area (Å²) >= 11 is 0. The Labute approximate surface area is 170 Å². The van der Waals surface area contributed by atoms with Crippen LogP contribution in [0, 0.1) is 12.8 Å². The van der Waals surface area contributed by atoms with Crippen LogP contribution >= 0.6 is 0 Å². The van der Waals surface area contributed by atoms with Crippen LogP contribution in [0.4, 0.5) is 0 Å². The van der Waals surface area contributed by atoms with E-state index in [1.54, 1.807) is 31.2 Å². The van der Waals surface area contributed by atoms with Gasteiger partial charge in [0.1, 0.15) is 5.75 Å². The molecule has 0 radical (unpaired) electrons. The molecule has 0 amide bonds. The van der Waals surface area contributed by atoms with E-state index in [9.17, 15) is 24.9 Å². The summed E-state index contributed by atoms with van der Waals surface area (Å²) in [7, 11) is 0. The molecule has 0 atom stereocenters. The number of likely N-dealkylation sites (tertiary alicyclic amines) is 1. The fourth-order valence-electron chi connectivity index (χ4n) is 4.07. The predicted octanol–water partition coefficient (Wildman–Crippen LogP) is 3.59. The van der Waals surface area contributed by atoms with E-state index in [1.807, 2.05) is 12.1 Å². The summed E-state index contributed by atoms with van der Waals surface area (Å²) < 4.78 is 0. The lowest BCUT2D eigenvalue weighted by Crippen LogP contribution is -2.36. The first kappa shape index (κ1) is 20.9. The van der Waals surface area contributed by atoms with E-state index in [0.717, 1.165) is 38.9 Å². The first-order chi connectivity index (χ1) is 13.8. The molecule has 0 saturated carbocycles. The van der Waals surface area contributed by atoms with Crippen molar-refractivity contribution in [2.24, 2.45) is 5.92 Å². The zero-order valence-corrected chi connectivity index (χ0v) is 16.6. The predicted molar refractivity (Wildman–Crippen MR) is 110 cm³/mol. The smallest absolute Gasteiger partial charge is 0.335 e. The average Bonchev–Trinajstić information content (AvgIpc) is 2.69. The summed E-state index contributed by atoms with van der Waals surface area (Å²) in [4.78, 5) is 25.7. The van der Waals surface area contributed by atoms with E-state index in [1.165, 1.54) is 5.56 Å². The molecule has 1 saturated heterocycles. The van der Waals surface area contributed by atoms with Gasteiger partial charge in [0.25, 0.3) is 0 Å². The Morgan fingerprint density at radius 1 is 1.00 bits per heavy atom. The van der Waals surface area contributed by atoms with E-state index < -0.39 is 11.9 Å². The van der Waals surface area contributed by atoms with Crippen molar-refractivity contribution in [1.82, 2.24) is 4.90 Å². The highest BCUT2D eigenvalue weighted by atomic mass is 16.4. The van der Waals surface area contributed by atoms with Gasteiger partial charge >= 0.3 is 11.9 Å². The molecule has 6 heteroatoms. The topological polar surface area (TPSA) is 98.1 Å². The molecule has 0 aliphatic carbocycles. The maximum Gasteiger partial charge on any atom is 0.335 e. The molecule has 154 valence electrons. The van der Waals surface area contributed by atoms with Gasteiger partial charge in [0, 0.05) is 6.54 Å². The minimum absolute atomic E-state index is 0.108. The highest BCUT2D eigenvalue weighted by Crippen LogP contribution is 2.27. The Hall–Kier alpha value is -2.86. The maximum absolute atomic E-state index is 11.7. The minimum Gasteiger partial charge on any atom is -0.508 e. The summed E-state index contributed by atoms with van der Waals surface area (Å²) in [6, 6.07) is 10.4. The highest BCUT2D eigenvalue weighted by Gasteiger charge is 2.25. The monoisotopic (exact) mass is 397 g/mol. The van der Waals surface area contributed by atoms with Crippen LogP contribution in [-0.4, -0.2) is 51.8 Å². The third-order valence-corrected chi connectivity index (χ3v) is 5.71. The number of hydrogen-bond acceptors (Lipinski definition) is 4. The first-order valence-electron chi connectivity index (χ1n) is 9.94. The number of carboxylic acid groups (broad SMARTS) is 2. The van der Waals surface area contributed by atoms with Crippen LogP contribution < -0.4 is 0 Å².